The van der Waals surface area contributed by atoms with Crippen LogP contribution >= 0.6 is 7.92 Å². The largest absolute Gasteiger partial charge is 0.539 e. The monoisotopic (exact) mass is 1850 g/mol. The zero-order valence-electron chi connectivity index (χ0n) is 69.1. The van der Waals surface area contributed by atoms with Crippen LogP contribution in [0.15, 0.2) is 41.0 Å². The van der Waals surface area contributed by atoms with Crippen molar-refractivity contribution in [3.8, 4) is 5.75 Å². The number of rotatable bonds is 20. The molecule has 0 amide bonds. The van der Waals surface area contributed by atoms with E-state index in [2.05, 4.69) is 20.8 Å². The van der Waals surface area contributed by atoms with Gasteiger partial charge in [0.05, 0.1) is 85.8 Å². The molecule has 1 nitrogen and oxygen atoms in total. The molecule has 1 aliphatic rings. The summed E-state index contributed by atoms with van der Waals surface area (Å²) in [6, 6.07) is 0.984. The van der Waals surface area contributed by atoms with E-state index in [1.807, 2.05) is 0 Å². The minimum Gasteiger partial charge on any atom is -0.539 e. The second kappa shape index (κ2) is 32.9. The molecule has 0 heterocycles. The number of allylic oxidation sites excluding steroid dienone is 4. The average molecular weight is 1860 g/mol. The second-order valence-electron chi connectivity index (χ2n) is 33.8. The molecule has 13 aromatic carbocycles. The van der Waals surface area contributed by atoms with Gasteiger partial charge < -0.3 is 4.43 Å². The van der Waals surface area contributed by atoms with E-state index in [-0.39, 0.29) is 19.2 Å². The van der Waals surface area contributed by atoms with Gasteiger partial charge in [0.1, 0.15) is 64.3 Å². The predicted molar refractivity (Wildman–Crippen MR) is 434 cm³/mol. The van der Waals surface area contributed by atoms with Gasteiger partial charge in [0, 0.05) is 23.7 Å². The van der Waals surface area contributed by atoms with E-state index in [0.717, 1.165) is 0 Å². The molecule has 14 rings (SSSR count). The van der Waals surface area contributed by atoms with E-state index in [1.165, 1.54) is 93.2 Å². The number of fused-ring (bicyclic) bond motifs is 6. The highest BCUT2D eigenvalue weighted by Gasteiger charge is 2.55. The molecule has 0 saturated carbocycles. The summed E-state index contributed by atoms with van der Waals surface area (Å²) in [5, 5.41) is -51.1. The molecule has 0 radical (unpaired) electrons. The van der Waals surface area contributed by atoms with Gasteiger partial charge in [0.25, 0.3) is 8.32 Å². The van der Waals surface area contributed by atoms with E-state index in [9.17, 15) is 0 Å². The fourth-order valence-electron chi connectivity index (χ4n) is 19.7. The predicted octanol–water partition coefficient (Wildman–Crippen LogP) is 28.3. The summed E-state index contributed by atoms with van der Waals surface area (Å²) in [5.74, 6) is -108. The zero-order valence-corrected chi connectivity index (χ0v) is 72.1. The van der Waals surface area contributed by atoms with Crippen molar-refractivity contribution in [1.82, 2.24) is 0 Å². The van der Waals surface area contributed by atoms with Gasteiger partial charge in [-0.2, -0.15) is 0 Å². The molecule has 1 aliphatic carbocycles. The lowest BCUT2D eigenvalue weighted by Crippen LogP contribution is -2.79. The Morgan fingerprint density at radius 1 is 0.317 bits per heavy atom. The molecule has 13 aromatic rings. The third kappa shape index (κ3) is 12.8. The lowest BCUT2D eigenvalue weighted by Gasteiger charge is -2.47. The molecule has 0 fully saturated rings. The molecule has 670 valence electrons. The first-order chi connectivity index (χ1) is 58.8. The van der Waals surface area contributed by atoms with Crippen molar-refractivity contribution in [3.05, 3.63) is 221 Å². The standard InChI is InChI=1S/C78H43BF31OSi2.C12H27P/c1-17(2)113(18(3)4,19(5)6)111-77-64(98)35-30-29-31(53(87)55(35)89)44(67(101)57(91)34(29)54(88)56(90)36(30)65(77)99)79(45-32-37(58(92)71(105)68(45)102)50(84)41-39(48(32)82)60(94)73(107)75(109)62(41)96,46-33-38(59(93)72(106)69(46)103)51(85)42-40(49(33)83)61(95)74(108)76(110)63(42)97)43-25-14-23-13-24(112(11,12)78(10)16-20(7)21(8)22(78)9)15-26(80)27(23)47(81)28(25)52(86)70(104)66(43)100;1-4-7-10-13(11-8-5-2)12-9-6-3/h13-19H,1-12H3;4-12H2,1-3H3/q-1;/p+1. The molecule has 0 N–H and O–H groups in total. The zero-order chi connectivity index (χ0) is 93.7. The normalized spacial score (nSPS) is 14.6. The van der Waals surface area contributed by atoms with Gasteiger partial charge in [-0.05, 0) is 101 Å². The summed E-state index contributed by atoms with van der Waals surface area (Å²) in [6.07, 6.45) is 6.89. The Morgan fingerprint density at radius 2 is 0.587 bits per heavy atom. The number of hydrogen-bond acceptors (Lipinski definition) is 1. The van der Waals surface area contributed by atoms with Crippen LogP contribution in [0.5, 0.6) is 5.75 Å². The van der Waals surface area contributed by atoms with Crippen molar-refractivity contribution in [2.45, 2.75) is 163 Å². The molecule has 126 heavy (non-hydrogen) atoms. The highest BCUT2D eigenvalue weighted by Crippen LogP contribution is 2.56. The fourth-order valence-corrected chi connectivity index (χ4v) is 31.6. The lowest BCUT2D eigenvalue weighted by atomic mass is 9.11. The fraction of sp³-hybridized carbons (Fsp3) is 0.311. The van der Waals surface area contributed by atoms with Crippen LogP contribution in [-0.2, 0) is 0 Å². The van der Waals surface area contributed by atoms with Gasteiger partial charge in [-0.1, -0.05) is 130 Å². The Balaban J connectivity index is 0.000000966. The van der Waals surface area contributed by atoms with Crippen molar-refractivity contribution in [2.24, 2.45) is 0 Å². The molecule has 0 aromatic heterocycles. The summed E-state index contributed by atoms with van der Waals surface area (Å²) >= 11 is 0. The second-order valence-corrected chi connectivity index (χ2v) is 47.0. The van der Waals surface area contributed by atoms with Crippen molar-refractivity contribution < 1.29 is 141 Å². The molecule has 0 spiro atoms. The summed E-state index contributed by atoms with van der Waals surface area (Å²) in [4.78, 5) is 0. The van der Waals surface area contributed by atoms with Gasteiger partial charge in [-0.3, -0.25) is 0 Å². The minimum atomic E-state index is -8.15. The van der Waals surface area contributed by atoms with Gasteiger partial charge in [-0.25, -0.2) is 136 Å². The van der Waals surface area contributed by atoms with Crippen LogP contribution in [0.1, 0.15) is 129 Å². The van der Waals surface area contributed by atoms with Gasteiger partial charge >= 0.3 is 0 Å². The number of unbranched alkanes of at least 4 members (excludes halogenated alkanes) is 3. The molecular formula is C90H71BF31OPSi2. The van der Waals surface area contributed by atoms with Gasteiger partial charge in [0.2, 0.25) is 0 Å². The molecule has 36 heteroatoms. The third-order valence-electron chi connectivity index (χ3n) is 26.4. The van der Waals surface area contributed by atoms with Crippen molar-refractivity contribution >= 4 is 154 Å². The molecule has 0 bridgehead atoms. The molecule has 1 unspecified atom stereocenters. The van der Waals surface area contributed by atoms with Crippen LogP contribution in [0.25, 0.3) is 97.0 Å². The van der Waals surface area contributed by atoms with Crippen molar-refractivity contribution in [3.63, 3.8) is 0 Å². The minimum absolute atomic E-state index is 0.0675. The Labute approximate surface area is 700 Å². The molecule has 0 aliphatic heterocycles. The molecule has 1 atom stereocenters. The summed E-state index contributed by atoms with van der Waals surface area (Å²) in [5.41, 5.74) is -15.6. The first-order valence-electron chi connectivity index (χ1n) is 39.7. The Morgan fingerprint density at radius 3 is 0.937 bits per heavy atom. The summed E-state index contributed by atoms with van der Waals surface area (Å²) in [6.45, 7) is 24.6. The highest BCUT2D eigenvalue weighted by molar-refractivity contribution is 7.57. The molecule has 0 saturated heterocycles. The summed E-state index contributed by atoms with van der Waals surface area (Å²) < 4.78 is 558. The van der Waals surface area contributed by atoms with Gasteiger partial charge in [0.15, 0.2) is 128 Å². The Kier molecular flexibility index (Phi) is 24.6. The Hall–Kier alpha value is -9.50. The maximum Gasteiger partial charge on any atom is 0.259 e. The van der Waals surface area contributed by atoms with E-state index in [0.29, 0.717) is 28.9 Å². The number of halogens is 31. The average Bonchev–Trinajstić information content (AvgIpc) is 0.675. The van der Waals surface area contributed by atoms with E-state index in [1.54, 1.807) is 52.3 Å². The van der Waals surface area contributed by atoms with Gasteiger partial charge in [-0.15, -0.1) is 21.9 Å². The number of benzene rings is 13. The van der Waals surface area contributed by atoms with Crippen LogP contribution in [-0.4, -0.2) is 41.0 Å². The topological polar surface area (TPSA) is 9.23 Å². The smallest absolute Gasteiger partial charge is 0.259 e. The molecular weight excluding hydrogens is 1780 g/mol. The lowest BCUT2D eigenvalue weighted by molar-refractivity contribution is 0.414. The van der Waals surface area contributed by atoms with E-state index < -0.39 is 349 Å². The maximum absolute atomic E-state index is 19.8. The van der Waals surface area contributed by atoms with Crippen LogP contribution in [0.2, 0.25) is 34.8 Å². The maximum atomic E-state index is 19.8. The van der Waals surface area contributed by atoms with E-state index >= 15 is 136 Å². The van der Waals surface area contributed by atoms with E-state index in [4.69, 9.17) is 4.43 Å². The quantitative estimate of drug-likeness (QED) is 0.0141. The third-order valence-corrected chi connectivity index (χ3v) is 40.4. The first-order valence-corrected chi connectivity index (χ1v) is 47.0. The number of hydrogen-bond donors (Lipinski definition) is 0. The van der Waals surface area contributed by atoms with Crippen molar-refractivity contribution in [1.29, 1.82) is 0 Å². The summed E-state index contributed by atoms with van der Waals surface area (Å²) in [7, 11) is -7.88. The SMILES string of the molecule is CC1=CC(C)([Si](C)(C)c2cc(F)c3c(F)c4c(F)c(F)c(F)c([B-](c5c(F)c(F)c(F)c6c(F)c7c(F)c(F)c(F)c(F)c7c(F)c56)(c5c(F)c(F)c(F)c6c(F)c7c(F)c(F)c(F)c(F)c7c(F)c56)c5c(F)c(F)c6c(F)c(F)c7c(F)c(O[Si](C(C)C)(C(C)C)C(C)C)c(F)c8c(F)c(F)c5c6c78)c4cc3c2)C(C)=C1C.CCCC[PH+](CCCC)CCCC. The van der Waals surface area contributed by atoms with Crippen LogP contribution in [0.3, 0.4) is 0 Å². The first kappa shape index (κ1) is 94.1. The van der Waals surface area contributed by atoms with Crippen LogP contribution < -0.4 is 31.5 Å². The Bertz CT molecular complexity index is 6770. The van der Waals surface area contributed by atoms with Crippen LogP contribution in [0.4, 0.5) is 136 Å². The van der Waals surface area contributed by atoms with Crippen LogP contribution in [0, 0.1) is 180 Å². The highest BCUT2D eigenvalue weighted by atomic mass is 31.1. The van der Waals surface area contributed by atoms with Crippen molar-refractivity contribution in [2.75, 3.05) is 18.5 Å².